The number of ether oxygens (including phenoxy) is 1. The van der Waals surface area contributed by atoms with Crippen LogP contribution in [-0.2, 0) is 11.3 Å². The van der Waals surface area contributed by atoms with Crippen molar-refractivity contribution in [3.63, 3.8) is 0 Å². The first-order valence-electron chi connectivity index (χ1n) is 8.93. The monoisotopic (exact) mass is 370 g/mol. The minimum Gasteiger partial charge on any atom is -0.456 e. The molecule has 4 rings (SSSR count). The van der Waals surface area contributed by atoms with Crippen molar-refractivity contribution < 1.29 is 9.53 Å². The molecular formula is C23H18N2O3. The van der Waals surface area contributed by atoms with Crippen molar-refractivity contribution in [3.05, 3.63) is 106 Å². The SMILES string of the molecule is Cc1cccc2nc(COC(=O)c3ccc(-c4ccccc4)cc3)cc(=O)n12. The van der Waals surface area contributed by atoms with Crippen molar-refractivity contribution in [2.24, 2.45) is 0 Å². The Morgan fingerprint density at radius 3 is 2.39 bits per heavy atom. The van der Waals surface area contributed by atoms with Gasteiger partial charge in [0.2, 0.25) is 0 Å². The number of carbonyl (C=O) groups is 1. The molecule has 28 heavy (non-hydrogen) atoms. The maximum atomic E-state index is 12.3. The molecule has 4 aromatic rings. The van der Waals surface area contributed by atoms with Gasteiger partial charge in [-0.25, -0.2) is 9.78 Å². The molecule has 0 N–H and O–H groups in total. The summed E-state index contributed by atoms with van der Waals surface area (Å²) in [6.45, 7) is 1.79. The number of esters is 1. The minimum absolute atomic E-state index is 0.0566. The Balaban J connectivity index is 1.49. The van der Waals surface area contributed by atoms with Gasteiger partial charge in [-0.2, -0.15) is 0 Å². The molecule has 0 fully saturated rings. The van der Waals surface area contributed by atoms with Crippen LogP contribution in [-0.4, -0.2) is 15.4 Å². The zero-order valence-electron chi connectivity index (χ0n) is 15.3. The van der Waals surface area contributed by atoms with Crippen molar-refractivity contribution in [2.75, 3.05) is 0 Å². The molecule has 0 aliphatic heterocycles. The largest absolute Gasteiger partial charge is 0.456 e. The van der Waals surface area contributed by atoms with Gasteiger partial charge in [0, 0.05) is 11.8 Å². The molecule has 138 valence electrons. The quantitative estimate of drug-likeness (QED) is 0.509. The molecule has 0 saturated heterocycles. The molecule has 0 amide bonds. The molecule has 2 aromatic heterocycles. The van der Waals surface area contributed by atoms with Gasteiger partial charge in [-0.1, -0.05) is 48.5 Å². The van der Waals surface area contributed by atoms with E-state index in [2.05, 4.69) is 4.98 Å². The number of hydrogen-bond acceptors (Lipinski definition) is 4. The maximum absolute atomic E-state index is 12.3. The summed E-state index contributed by atoms with van der Waals surface area (Å²) in [4.78, 5) is 29.0. The highest BCUT2D eigenvalue weighted by atomic mass is 16.5. The Morgan fingerprint density at radius 2 is 1.64 bits per heavy atom. The lowest BCUT2D eigenvalue weighted by Gasteiger charge is -2.08. The third-order valence-corrected chi connectivity index (χ3v) is 4.51. The van der Waals surface area contributed by atoms with Crippen LogP contribution in [0.1, 0.15) is 21.7 Å². The summed E-state index contributed by atoms with van der Waals surface area (Å²) in [5.74, 6) is -0.453. The van der Waals surface area contributed by atoms with Crippen molar-refractivity contribution in [1.29, 1.82) is 0 Å². The molecule has 0 aliphatic carbocycles. The molecular weight excluding hydrogens is 352 g/mol. The lowest BCUT2D eigenvalue weighted by atomic mass is 10.0. The van der Waals surface area contributed by atoms with E-state index in [4.69, 9.17) is 4.74 Å². The van der Waals surface area contributed by atoms with Gasteiger partial charge in [-0.05, 0) is 42.3 Å². The molecule has 0 saturated carbocycles. The Bertz CT molecular complexity index is 1200. The summed E-state index contributed by atoms with van der Waals surface area (Å²) in [5.41, 5.74) is 4.12. The van der Waals surface area contributed by atoms with E-state index in [0.717, 1.165) is 16.8 Å². The Hall–Kier alpha value is -3.73. The highest BCUT2D eigenvalue weighted by molar-refractivity contribution is 5.90. The highest BCUT2D eigenvalue weighted by Crippen LogP contribution is 2.19. The average Bonchev–Trinajstić information content (AvgIpc) is 2.72. The molecule has 2 aromatic carbocycles. The normalized spacial score (nSPS) is 10.8. The number of rotatable bonds is 4. The molecule has 0 spiro atoms. The number of nitrogens with zero attached hydrogens (tertiary/aromatic N) is 2. The van der Waals surface area contributed by atoms with Gasteiger partial charge in [0.05, 0.1) is 11.3 Å². The average molecular weight is 370 g/mol. The van der Waals surface area contributed by atoms with Crippen LogP contribution in [0.2, 0.25) is 0 Å². The summed E-state index contributed by atoms with van der Waals surface area (Å²) in [6.07, 6.45) is 0. The Kier molecular flexibility index (Phi) is 4.72. The molecule has 0 unspecified atom stereocenters. The first-order valence-corrected chi connectivity index (χ1v) is 8.93. The van der Waals surface area contributed by atoms with E-state index in [1.807, 2.05) is 61.5 Å². The van der Waals surface area contributed by atoms with Gasteiger partial charge >= 0.3 is 5.97 Å². The summed E-state index contributed by atoms with van der Waals surface area (Å²) < 4.78 is 6.87. The van der Waals surface area contributed by atoms with E-state index in [0.29, 0.717) is 16.9 Å². The smallest absolute Gasteiger partial charge is 0.338 e. The van der Waals surface area contributed by atoms with E-state index in [1.54, 1.807) is 18.2 Å². The summed E-state index contributed by atoms with van der Waals surface area (Å²) in [7, 11) is 0. The third-order valence-electron chi connectivity index (χ3n) is 4.51. The third kappa shape index (κ3) is 3.55. The van der Waals surface area contributed by atoms with E-state index in [-0.39, 0.29) is 12.2 Å². The predicted octanol–water partition coefficient (Wildman–Crippen LogP) is 4.03. The number of benzene rings is 2. The van der Waals surface area contributed by atoms with Gasteiger partial charge in [0.15, 0.2) is 0 Å². The molecule has 5 heteroatoms. The fraction of sp³-hybridized carbons (Fsp3) is 0.0870. The van der Waals surface area contributed by atoms with Crippen molar-refractivity contribution in [3.8, 4) is 11.1 Å². The van der Waals surface area contributed by atoms with Gasteiger partial charge in [-0.3, -0.25) is 9.20 Å². The number of aryl methyl sites for hydroxylation is 1. The van der Waals surface area contributed by atoms with E-state index in [9.17, 15) is 9.59 Å². The maximum Gasteiger partial charge on any atom is 0.338 e. The van der Waals surface area contributed by atoms with Crippen LogP contribution in [0.3, 0.4) is 0 Å². The molecule has 0 radical (unpaired) electrons. The Morgan fingerprint density at radius 1 is 0.929 bits per heavy atom. The second-order valence-corrected chi connectivity index (χ2v) is 6.47. The summed E-state index contributed by atoms with van der Waals surface area (Å²) >= 11 is 0. The number of carbonyl (C=O) groups excluding carboxylic acids is 1. The van der Waals surface area contributed by atoms with Gasteiger partial charge in [0.25, 0.3) is 5.56 Å². The van der Waals surface area contributed by atoms with Crippen LogP contribution in [0.4, 0.5) is 0 Å². The van der Waals surface area contributed by atoms with Crippen LogP contribution in [0.25, 0.3) is 16.8 Å². The summed E-state index contributed by atoms with van der Waals surface area (Å²) in [5, 5.41) is 0. The Labute approximate surface area is 161 Å². The first kappa shape index (κ1) is 17.7. The van der Waals surface area contributed by atoms with Crippen LogP contribution >= 0.6 is 0 Å². The van der Waals surface area contributed by atoms with Crippen LogP contribution in [0.15, 0.2) is 83.7 Å². The fourth-order valence-electron chi connectivity index (χ4n) is 3.09. The molecule has 5 nitrogen and oxygen atoms in total. The van der Waals surface area contributed by atoms with Crippen molar-refractivity contribution in [2.45, 2.75) is 13.5 Å². The molecule has 0 atom stereocenters. The standard InChI is InChI=1S/C23H18N2O3/c1-16-6-5-9-21-24-20(14-22(26)25(16)21)15-28-23(27)19-12-10-18(11-13-19)17-7-3-2-4-8-17/h2-14H,15H2,1H3. The van der Waals surface area contributed by atoms with Crippen molar-refractivity contribution >= 4 is 11.6 Å². The second-order valence-electron chi connectivity index (χ2n) is 6.47. The topological polar surface area (TPSA) is 60.7 Å². The lowest BCUT2D eigenvalue weighted by Crippen LogP contribution is -2.18. The lowest BCUT2D eigenvalue weighted by molar-refractivity contribution is 0.0467. The number of fused-ring (bicyclic) bond motifs is 1. The highest BCUT2D eigenvalue weighted by Gasteiger charge is 2.10. The number of aromatic nitrogens is 2. The van der Waals surface area contributed by atoms with Crippen LogP contribution < -0.4 is 5.56 Å². The van der Waals surface area contributed by atoms with Crippen LogP contribution in [0.5, 0.6) is 0 Å². The molecule has 0 aliphatic rings. The fourth-order valence-corrected chi connectivity index (χ4v) is 3.09. The number of pyridine rings is 1. The van der Waals surface area contributed by atoms with Crippen molar-refractivity contribution in [1.82, 2.24) is 9.38 Å². The summed E-state index contributed by atoms with van der Waals surface area (Å²) in [6, 6.07) is 24.0. The van der Waals surface area contributed by atoms with Crippen LogP contribution in [0, 0.1) is 6.92 Å². The number of hydrogen-bond donors (Lipinski definition) is 0. The van der Waals surface area contributed by atoms with E-state index in [1.165, 1.54) is 10.5 Å². The zero-order chi connectivity index (χ0) is 19.5. The van der Waals surface area contributed by atoms with E-state index >= 15 is 0 Å². The van der Waals surface area contributed by atoms with Gasteiger partial charge < -0.3 is 4.74 Å². The predicted molar refractivity (Wildman–Crippen MR) is 107 cm³/mol. The first-order chi connectivity index (χ1) is 13.6. The zero-order valence-corrected chi connectivity index (χ0v) is 15.3. The molecule has 2 heterocycles. The van der Waals surface area contributed by atoms with Gasteiger partial charge in [-0.15, -0.1) is 0 Å². The molecule has 0 bridgehead atoms. The minimum atomic E-state index is -0.453. The second kappa shape index (κ2) is 7.48. The van der Waals surface area contributed by atoms with Gasteiger partial charge in [0.1, 0.15) is 12.3 Å². The van der Waals surface area contributed by atoms with E-state index < -0.39 is 5.97 Å².